The van der Waals surface area contributed by atoms with Gasteiger partial charge in [-0.3, -0.25) is 0 Å². The maximum atomic E-state index is 10.7. The molecule has 0 saturated heterocycles. The van der Waals surface area contributed by atoms with Crippen LogP contribution in [0.25, 0.3) is 6.08 Å². The molecule has 0 unspecified atom stereocenters. The maximum Gasteiger partial charge on any atom is 0.328 e. The molecule has 0 bridgehead atoms. The van der Waals surface area contributed by atoms with Gasteiger partial charge in [-0.15, -0.1) is 0 Å². The van der Waals surface area contributed by atoms with Gasteiger partial charge in [0.05, 0.1) is 18.4 Å². The van der Waals surface area contributed by atoms with Gasteiger partial charge in [0.25, 0.3) is 0 Å². The summed E-state index contributed by atoms with van der Waals surface area (Å²) in [7, 11) is 3.29. The lowest BCUT2D eigenvalue weighted by Gasteiger charge is -2.10. The number of aromatic nitrogens is 2. The fourth-order valence-electron chi connectivity index (χ4n) is 1.93. The molecule has 0 amide bonds. The van der Waals surface area contributed by atoms with Crippen LogP contribution in [0.4, 0.5) is 0 Å². The molecule has 6 nitrogen and oxygen atoms in total. The number of benzene rings is 1. The predicted octanol–water partition coefficient (Wildman–Crippen LogP) is 2.63. The Kier molecular flexibility index (Phi) is 4.27. The van der Waals surface area contributed by atoms with Crippen molar-refractivity contribution in [2.45, 2.75) is 6.92 Å². The van der Waals surface area contributed by atoms with Gasteiger partial charge in [0.15, 0.2) is 11.5 Å². The molecule has 0 saturated carbocycles. The summed E-state index contributed by atoms with van der Waals surface area (Å²) in [6, 6.07) is 7.22. The van der Waals surface area contributed by atoms with Crippen LogP contribution in [0.15, 0.2) is 30.3 Å². The topological polar surface area (TPSA) is 73.6 Å². The van der Waals surface area contributed by atoms with Gasteiger partial charge in [0, 0.05) is 13.1 Å². The highest BCUT2D eigenvalue weighted by molar-refractivity contribution is 5.86. The fourth-order valence-corrected chi connectivity index (χ4v) is 1.93. The summed E-state index contributed by atoms with van der Waals surface area (Å²) in [6.07, 6.45) is 2.52. The van der Waals surface area contributed by atoms with E-state index < -0.39 is 5.97 Å². The highest BCUT2D eigenvalue weighted by atomic mass is 16.5. The molecule has 2 rings (SSSR count). The summed E-state index contributed by atoms with van der Waals surface area (Å²) in [5.41, 5.74) is 1.30. The number of para-hydroxylation sites is 2. The lowest BCUT2D eigenvalue weighted by molar-refractivity contribution is -0.131. The molecule has 0 atom stereocenters. The van der Waals surface area contributed by atoms with Crippen LogP contribution in [-0.2, 0) is 11.8 Å². The third-order valence-corrected chi connectivity index (χ3v) is 2.88. The van der Waals surface area contributed by atoms with Crippen molar-refractivity contribution in [3.63, 3.8) is 0 Å². The van der Waals surface area contributed by atoms with Crippen LogP contribution in [0.3, 0.4) is 0 Å². The van der Waals surface area contributed by atoms with Crippen LogP contribution in [0.2, 0.25) is 0 Å². The second kappa shape index (κ2) is 6.13. The molecule has 1 N–H and O–H groups in total. The molecule has 110 valence electrons. The lowest BCUT2D eigenvalue weighted by Crippen LogP contribution is -1.97. The number of carboxylic acids is 1. The van der Waals surface area contributed by atoms with E-state index in [0.29, 0.717) is 28.6 Å². The molecule has 2 aromatic rings. The zero-order chi connectivity index (χ0) is 15.4. The molecule has 1 aromatic carbocycles. The first-order valence-electron chi connectivity index (χ1n) is 6.28. The van der Waals surface area contributed by atoms with Gasteiger partial charge in [0.1, 0.15) is 0 Å². The van der Waals surface area contributed by atoms with Crippen LogP contribution in [0, 0.1) is 6.92 Å². The third-order valence-electron chi connectivity index (χ3n) is 2.88. The number of carbonyl (C=O) groups is 1. The second-order valence-electron chi connectivity index (χ2n) is 4.35. The Morgan fingerprint density at radius 1 is 1.33 bits per heavy atom. The molecular formula is C15H16N2O4. The summed E-state index contributed by atoms with van der Waals surface area (Å²) < 4.78 is 12.6. The van der Waals surface area contributed by atoms with Gasteiger partial charge in [-0.2, -0.15) is 5.10 Å². The van der Waals surface area contributed by atoms with Gasteiger partial charge in [-0.05, 0) is 25.1 Å². The zero-order valence-electron chi connectivity index (χ0n) is 12.0. The van der Waals surface area contributed by atoms with Crippen molar-refractivity contribution in [3.8, 4) is 17.4 Å². The quantitative estimate of drug-likeness (QED) is 0.856. The van der Waals surface area contributed by atoms with Gasteiger partial charge in [-0.1, -0.05) is 12.1 Å². The molecule has 0 spiro atoms. The molecule has 0 aliphatic carbocycles. The summed E-state index contributed by atoms with van der Waals surface area (Å²) in [5, 5.41) is 13.0. The first-order valence-corrected chi connectivity index (χ1v) is 6.28. The molecular weight excluding hydrogens is 272 g/mol. The Morgan fingerprint density at radius 3 is 2.62 bits per heavy atom. The lowest BCUT2D eigenvalue weighted by atomic mass is 10.2. The van der Waals surface area contributed by atoms with E-state index in [1.54, 1.807) is 37.9 Å². The number of carboxylic acid groups (broad SMARTS) is 1. The van der Waals surface area contributed by atoms with E-state index in [-0.39, 0.29) is 0 Å². The minimum absolute atomic E-state index is 0.453. The van der Waals surface area contributed by atoms with Crippen molar-refractivity contribution in [2.75, 3.05) is 7.11 Å². The standard InChI is InChI=1S/C15H16N2O4/c1-10-11(8-9-14(18)19)15(17(2)16-10)21-13-7-5-4-6-12(13)20-3/h4-9H,1-3H3,(H,18,19)/b9-8+. The molecule has 0 aliphatic rings. The molecule has 1 heterocycles. The smallest absolute Gasteiger partial charge is 0.328 e. The van der Waals surface area contributed by atoms with E-state index in [2.05, 4.69) is 5.10 Å². The van der Waals surface area contributed by atoms with Crippen molar-refractivity contribution in [2.24, 2.45) is 7.05 Å². The number of methoxy groups -OCH3 is 1. The van der Waals surface area contributed by atoms with Crippen LogP contribution in [0.1, 0.15) is 11.3 Å². The van der Waals surface area contributed by atoms with Gasteiger partial charge in [-0.25, -0.2) is 9.48 Å². The van der Waals surface area contributed by atoms with Crippen molar-refractivity contribution in [3.05, 3.63) is 41.6 Å². The van der Waals surface area contributed by atoms with E-state index in [0.717, 1.165) is 6.08 Å². The molecule has 21 heavy (non-hydrogen) atoms. The average Bonchev–Trinajstić information content (AvgIpc) is 2.71. The molecule has 6 heteroatoms. The van der Waals surface area contributed by atoms with Crippen molar-refractivity contribution >= 4 is 12.0 Å². The highest BCUT2D eigenvalue weighted by Crippen LogP contribution is 2.33. The van der Waals surface area contributed by atoms with Gasteiger partial charge < -0.3 is 14.6 Å². The number of nitrogens with zero attached hydrogens (tertiary/aromatic N) is 2. The predicted molar refractivity (Wildman–Crippen MR) is 77.7 cm³/mol. The minimum atomic E-state index is -1.03. The minimum Gasteiger partial charge on any atom is -0.493 e. The van der Waals surface area contributed by atoms with Crippen LogP contribution in [0.5, 0.6) is 17.4 Å². The number of rotatable bonds is 5. The highest BCUT2D eigenvalue weighted by Gasteiger charge is 2.15. The summed E-state index contributed by atoms with van der Waals surface area (Å²) in [4.78, 5) is 10.7. The number of hydrogen-bond acceptors (Lipinski definition) is 4. The van der Waals surface area contributed by atoms with E-state index in [1.165, 1.54) is 6.08 Å². The SMILES string of the molecule is COc1ccccc1Oc1c(/C=C/C(=O)O)c(C)nn1C. The fraction of sp³-hybridized carbons (Fsp3) is 0.200. The van der Waals surface area contributed by atoms with Crippen LogP contribution < -0.4 is 9.47 Å². The Balaban J connectivity index is 2.42. The van der Waals surface area contributed by atoms with Gasteiger partial charge in [0.2, 0.25) is 5.88 Å². The van der Waals surface area contributed by atoms with Crippen LogP contribution in [-0.4, -0.2) is 28.0 Å². The number of hydrogen-bond donors (Lipinski definition) is 1. The largest absolute Gasteiger partial charge is 0.493 e. The van der Waals surface area contributed by atoms with E-state index >= 15 is 0 Å². The monoisotopic (exact) mass is 288 g/mol. The van der Waals surface area contributed by atoms with Crippen molar-refractivity contribution in [1.82, 2.24) is 9.78 Å². The van der Waals surface area contributed by atoms with Crippen molar-refractivity contribution < 1.29 is 19.4 Å². The summed E-state index contributed by atoms with van der Waals surface area (Å²) in [6.45, 7) is 1.79. The van der Waals surface area contributed by atoms with E-state index in [1.807, 2.05) is 12.1 Å². The summed E-state index contributed by atoms with van der Waals surface area (Å²) in [5.74, 6) is 0.550. The Bertz CT molecular complexity index is 689. The Morgan fingerprint density at radius 2 is 2.00 bits per heavy atom. The molecule has 0 radical (unpaired) electrons. The Hall–Kier alpha value is -2.76. The number of aliphatic carboxylic acids is 1. The Labute approximate surface area is 122 Å². The van der Waals surface area contributed by atoms with E-state index in [9.17, 15) is 4.79 Å². The average molecular weight is 288 g/mol. The first kappa shape index (κ1) is 14.6. The number of ether oxygens (including phenoxy) is 2. The zero-order valence-corrected chi connectivity index (χ0v) is 12.0. The first-order chi connectivity index (χ1) is 10.0. The van der Waals surface area contributed by atoms with Crippen LogP contribution >= 0.6 is 0 Å². The van der Waals surface area contributed by atoms with E-state index in [4.69, 9.17) is 14.6 Å². The normalized spacial score (nSPS) is 10.8. The molecule has 1 aromatic heterocycles. The van der Waals surface area contributed by atoms with Crippen molar-refractivity contribution in [1.29, 1.82) is 0 Å². The second-order valence-corrected chi connectivity index (χ2v) is 4.35. The maximum absolute atomic E-state index is 10.7. The number of aryl methyl sites for hydroxylation is 2. The molecule has 0 aliphatic heterocycles. The third kappa shape index (κ3) is 3.22. The molecule has 0 fully saturated rings. The summed E-state index contributed by atoms with van der Waals surface area (Å²) >= 11 is 0. The van der Waals surface area contributed by atoms with Gasteiger partial charge >= 0.3 is 5.97 Å².